The quantitative estimate of drug-likeness (QED) is 0.801. The van der Waals surface area contributed by atoms with Crippen molar-refractivity contribution in [1.82, 2.24) is 9.55 Å². The highest BCUT2D eigenvalue weighted by atomic mass is 35.5. The van der Waals surface area contributed by atoms with Gasteiger partial charge in [0.25, 0.3) is 0 Å². The molecule has 4 heteroatoms. The van der Waals surface area contributed by atoms with E-state index in [-0.39, 0.29) is 5.92 Å². The first-order chi connectivity index (χ1) is 10.2. The van der Waals surface area contributed by atoms with Gasteiger partial charge in [-0.25, -0.2) is 4.98 Å². The molecule has 0 bridgehead atoms. The van der Waals surface area contributed by atoms with Crippen LogP contribution in [0.5, 0.6) is 0 Å². The van der Waals surface area contributed by atoms with Crippen LogP contribution in [0.3, 0.4) is 0 Å². The summed E-state index contributed by atoms with van der Waals surface area (Å²) in [5.41, 5.74) is 9.38. The van der Waals surface area contributed by atoms with Gasteiger partial charge in [-0.15, -0.1) is 0 Å². The van der Waals surface area contributed by atoms with Gasteiger partial charge in [0.15, 0.2) is 0 Å². The summed E-state index contributed by atoms with van der Waals surface area (Å²) in [5.74, 6) is 1.23. The Morgan fingerprint density at radius 1 is 1.14 bits per heavy atom. The van der Waals surface area contributed by atoms with Gasteiger partial charge in [-0.2, -0.15) is 0 Å². The van der Waals surface area contributed by atoms with Crippen LogP contribution < -0.4 is 5.73 Å². The van der Waals surface area contributed by atoms with Crippen molar-refractivity contribution in [2.75, 3.05) is 6.54 Å². The van der Waals surface area contributed by atoms with Crippen molar-refractivity contribution in [3.05, 3.63) is 64.9 Å². The lowest BCUT2D eigenvalue weighted by Crippen LogP contribution is -2.18. The van der Waals surface area contributed by atoms with E-state index in [0.717, 1.165) is 28.3 Å². The normalized spacial score (nSPS) is 12.7. The molecule has 0 aliphatic rings. The molecule has 0 saturated heterocycles. The Hall–Kier alpha value is -1.84. The van der Waals surface area contributed by atoms with Gasteiger partial charge < -0.3 is 10.3 Å². The largest absolute Gasteiger partial charge is 0.331 e. The summed E-state index contributed by atoms with van der Waals surface area (Å²) in [7, 11) is 2.05. The molecule has 2 aromatic carbocycles. The molecule has 2 N–H and O–H groups in total. The molecule has 0 saturated carbocycles. The molecule has 21 heavy (non-hydrogen) atoms. The van der Waals surface area contributed by atoms with Crippen LogP contribution in [0, 0.1) is 0 Å². The molecular weight excluding hydrogens is 282 g/mol. The van der Waals surface area contributed by atoms with Crippen molar-refractivity contribution in [2.24, 2.45) is 12.8 Å². The topological polar surface area (TPSA) is 43.8 Å². The zero-order valence-electron chi connectivity index (χ0n) is 12.0. The molecular formula is C17H18ClN3. The number of fused-ring (bicyclic) bond motifs is 1. The lowest BCUT2D eigenvalue weighted by atomic mass is 9.98. The first-order valence-corrected chi connectivity index (χ1v) is 7.42. The lowest BCUT2D eigenvalue weighted by molar-refractivity contribution is 0.623. The predicted molar refractivity (Wildman–Crippen MR) is 87.7 cm³/mol. The van der Waals surface area contributed by atoms with Crippen LogP contribution in [-0.2, 0) is 13.5 Å². The summed E-state index contributed by atoms with van der Waals surface area (Å²) < 4.78 is 2.14. The monoisotopic (exact) mass is 299 g/mol. The fourth-order valence-corrected chi connectivity index (χ4v) is 2.84. The van der Waals surface area contributed by atoms with Crippen LogP contribution >= 0.6 is 11.6 Å². The Kier molecular flexibility index (Phi) is 3.95. The minimum absolute atomic E-state index is 0.198. The molecule has 3 aromatic rings. The molecule has 1 heterocycles. The first kappa shape index (κ1) is 14.1. The van der Waals surface area contributed by atoms with Crippen LogP contribution in [0.2, 0.25) is 5.02 Å². The predicted octanol–water partition coefficient (Wildman–Crippen LogP) is 3.51. The van der Waals surface area contributed by atoms with E-state index < -0.39 is 0 Å². The number of aromatic nitrogens is 2. The Morgan fingerprint density at radius 2 is 1.86 bits per heavy atom. The molecule has 0 aliphatic heterocycles. The maximum atomic E-state index is 5.99. The second-order valence-corrected chi connectivity index (χ2v) is 5.72. The third-order valence-electron chi connectivity index (χ3n) is 3.87. The minimum atomic E-state index is 0.198. The zero-order valence-corrected chi connectivity index (χ0v) is 12.7. The molecule has 1 atom stereocenters. The van der Waals surface area contributed by atoms with Crippen molar-refractivity contribution >= 4 is 22.6 Å². The van der Waals surface area contributed by atoms with Crippen molar-refractivity contribution in [3.63, 3.8) is 0 Å². The van der Waals surface area contributed by atoms with E-state index in [2.05, 4.69) is 17.7 Å². The molecule has 0 aliphatic carbocycles. The molecule has 0 fully saturated rings. The standard InChI is InChI=1S/C17H18ClN3/c1-21-16-5-3-2-4-15(16)20-17(21)13(11-19)10-12-6-8-14(18)9-7-12/h2-9,13H,10-11,19H2,1H3. The summed E-state index contributed by atoms with van der Waals surface area (Å²) in [6.45, 7) is 0.569. The van der Waals surface area contributed by atoms with Gasteiger partial charge >= 0.3 is 0 Å². The Morgan fingerprint density at radius 3 is 2.52 bits per heavy atom. The number of imidazole rings is 1. The van der Waals surface area contributed by atoms with E-state index in [9.17, 15) is 0 Å². The average molecular weight is 300 g/mol. The molecule has 3 nitrogen and oxygen atoms in total. The SMILES string of the molecule is Cn1c(C(CN)Cc2ccc(Cl)cc2)nc2ccccc21. The summed E-state index contributed by atoms with van der Waals surface area (Å²) in [6.07, 6.45) is 0.866. The van der Waals surface area contributed by atoms with Gasteiger partial charge in [-0.3, -0.25) is 0 Å². The fraction of sp³-hybridized carbons (Fsp3) is 0.235. The fourth-order valence-electron chi connectivity index (χ4n) is 2.71. The molecule has 108 valence electrons. The molecule has 0 amide bonds. The van der Waals surface area contributed by atoms with Gasteiger partial charge in [0.05, 0.1) is 11.0 Å². The molecule has 1 aromatic heterocycles. The summed E-state index contributed by atoms with van der Waals surface area (Å²) in [6, 6.07) is 16.1. The molecule has 3 rings (SSSR count). The summed E-state index contributed by atoms with van der Waals surface area (Å²) in [4.78, 5) is 4.75. The molecule has 0 radical (unpaired) electrons. The van der Waals surface area contributed by atoms with Crippen molar-refractivity contribution < 1.29 is 0 Å². The third kappa shape index (κ3) is 2.80. The average Bonchev–Trinajstić information content (AvgIpc) is 2.84. The third-order valence-corrected chi connectivity index (χ3v) is 4.12. The van der Waals surface area contributed by atoms with E-state index >= 15 is 0 Å². The van der Waals surface area contributed by atoms with E-state index in [1.165, 1.54) is 5.56 Å². The summed E-state index contributed by atoms with van der Waals surface area (Å²) in [5, 5.41) is 0.755. The lowest BCUT2D eigenvalue weighted by Gasteiger charge is -2.15. The van der Waals surface area contributed by atoms with Crippen molar-refractivity contribution in [3.8, 4) is 0 Å². The molecule has 1 unspecified atom stereocenters. The highest BCUT2D eigenvalue weighted by molar-refractivity contribution is 6.30. The number of hydrogen-bond acceptors (Lipinski definition) is 2. The van der Waals surface area contributed by atoms with E-state index in [0.29, 0.717) is 6.54 Å². The highest BCUT2D eigenvalue weighted by Crippen LogP contribution is 2.24. The number of benzene rings is 2. The number of aryl methyl sites for hydroxylation is 1. The van der Waals surface area contributed by atoms with E-state index in [1.807, 2.05) is 42.5 Å². The minimum Gasteiger partial charge on any atom is -0.331 e. The zero-order chi connectivity index (χ0) is 14.8. The summed E-state index contributed by atoms with van der Waals surface area (Å²) >= 11 is 5.94. The second-order valence-electron chi connectivity index (χ2n) is 5.28. The number of hydrogen-bond donors (Lipinski definition) is 1. The first-order valence-electron chi connectivity index (χ1n) is 7.05. The Labute approximate surface area is 129 Å². The van der Waals surface area contributed by atoms with Crippen LogP contribution in [0.4, 0.5) is 0 Å². The highest BCUT2D eigenvalue weighted by Gasteiger charge is 2.17. The Balaban J connectivity index is 1.94. The smallest absolute Gasteiger partial charge is 0.114 e. The van der Waals surface area contributed by atoms with Crippen LogP contribution in [0.25, 0.3) is 11.0 Å². The van der Waals surface area contributed by atoms with E-state index in [1.54, 1.807) is 0 Å². The molecule has 0 spiro atoms. The maximum Gasteiger partial charge on any atom is 0.114 e. The van der Waals surface area contributed by atoms with Gasteiger partial charge in [-0.1, -0.05) is 35.9 Å². The van der Waals surface area contributed by atoms with E-state index in [4.69, 9.17) is 22.3 Å². The van der Waals surface area contributed by atoms with Gasteiger partial charge in [0.2, 0.25) is 0 Å². The number of nitrogens with zero attached hydrogens (tertiary/aromatic N) is 2. The number of halogens is 1. The number of para-hydroxylation sites is 2. The van der Waals surface area contributed by atoms with Crippen molar-refractivity contribution in [1.29, 1.82) is 0 Å². The van der Waals surface area contributed by atoms with Gasteiger partial charge in [-0.05, 0) is 36.2 Å². The van der Waals surface area contributed by atoms with Crippen LogP contribution in [0.15, 0.2) is 48.5 Å². The van der Waals surface area contributed by atoms with Crippen LogP contribution in [-0.4, -0.2) is 16.1 Å². The van der Waals surface area contributed by atoms with Crippen LogP contribution in [0.1, 0.15) is 17.3 Å². The maximum absolute atomic E-state index is 5.99. The Bertz CT molecular complexity index is 746. The van der Waals surface area contributed by atoms with Crippen molar-refractivity contribution in [2.45, 2.75) is 12.3 Å². The number of rotatable bonds is 4. The van der Waals surface area contributed by atoms with Gasteiger partial charge in [0.1, 0.15) is 5.82 Å². The number of nitrogens with two attached hydrogens (primary N) is 1. The second kappa shape index (κ2) is 5.88. The van der Waals surface area contributed by atoms with Gasteiger partial charge in [0, 0.05) is 24.5 Å².